The lowest BCUT2D eigenvalue weighted by atomic mass is 9.96. The van der Waals surface area contributed by atoms with E-state index in [2.05, 4.69) is 37.7 Å². The molecule has 0 amide bonds. The quantitative estimate of drug-likeness (QED) is 0.690. The van der Waals surface area contributed by atoms with E-state index in [0.29, 0.717) is 0 Å². The molecule has 1 aliphatic heterocycles. The minimum atomic E-state index is 0.838. The Bertz CT molecular complexity index is 160. The zero-order chi connectivity index (χ0) is 11.3. The molecular formula is C13H28N2. The molecule has 1 aliphatic rings. The number of nitrogens with zero attached hydrogens (tertiary/aromatic N) is 2. The van der Waals surface area contributed by atoms with Gasteiger partial charge in [-0.05, 0) is 64.8 Å². The Morgan fingerprint density at radius 1 is 1.27 bits per heavy atom. The van der Waals surface area contributed by atoms with Gasteiger partial charge in [-0.3, -0.25) is 0 Å². The smallest absolute Gasteiger partial charge is 0.000756 e. The van der Waals surface area contributed by atoms with Gasteiger partial charge in [0.25, 0.3) is 0 Å². The Morgan fingerprint density at radius 3 is 2.40 bits per heavy atom. The second kappa shape index (κ2) is 6.49. The van der Waals surface area contributed by atoms with Gasteiger partial charge in [-0.2, -0.15) is 0 Å². The van der Waals surface area contributed by atoms with Gasteiger partial charge in [0.2, 0.25) is 0 Å². The second-order valence-electron chi connectivity index (χ2n) is 5.69. The third kappa shape index (κ3) is 5.53. The van der Waals surface area contributed by atoms with Gasteiger partial charge < -0.3 is 9.80 Å². The molecule has 15 heavy (non-hydrogen) atoms. The number of likely N-dealkylation sites (tertiary alicyclic amines) is 1. The predicted octanol–water partition coefficient (Wildman–Crippen LogP) is 2.31. The lowest BCUT2D eigenvalue weighted by molar-refractivity contribution is 0.173. The van der Waals surface area contributed by atoms with Crippen molar-refractivity contribution in [1.29, 1.82) is 0 Å². The summed E-state index contributed by atoms with van der Waals surface area (Å²) in [5.74, 6) is 1.78. The monoisotopic (exact) mass is 212 g/mol. The molecule has 0 bridgehead atoms. The molecule has 0 aromatic rings. The van der Waals surface area contributed by atoms with Crippen LogP contribution in [0.3, 0.4) is 0 Å². The lowest BCUT2D eigenvalue weighted by Crippen LogP contribution is -2.36. The fraction of sp³-hybridized carbons (Fsp3) is 1.00. The molecule has 2 nitrogen and oxygen atoms in total. The first kappa shape index (κ1) is 13.0. The molecule has 0 unspecified atom stereocenters. The maximum absolute atomic E-state index is 2.52. The molecule has 0 atom stereocenters. The van der Waals surface area contributed by atoms with Crippen molar-refractivity contribution < 1.29 is 0 Å². The van der Waals surface area contributed by atoms with Crippen LogP contribution < -0.4 is 0 Å². The van der Waals surface area contributed by atoms with E-state index in [-0.39, 0.29) is 0 Å². The van der Waals surface area contributed by atoms with Crippen LogP contribution in [0.5, 0.6) is 0 Å². The summed E-state index contributed by atoms with van der Waals surface area (Å²) < 4.78 is 0. The van der Waals surface area contributed by atoms with Crippen LogP contribution in [-0.4, -0.2) is 50.1 Å². The highest BCUT2D eigenvalue weighted by atomic mass is 15.1. The topological polar surface area (TPSA) is 6.48 Å². The molecule has 0 spiro atoms. The largest absolute Gasteiger partial charge is 0.306 e. The van der Waals surface area contributed by atoms with Gasteiger partial charge in [0.05, 0.1) is 0 Å². The minimum Gasteiger partial charge on any atom is -0.306 e. The Balaban J connectivity index is 2.12. The molecule has 2 heteroatoms. The van der Waals surface area contributed by atoms with Crippen LogP contribution in [0.4, 0.5) is 0 Å². The lowest BCUT2D eigenvalue weighted by Gasteiger charge is -2.31. The Labute approximate surface area is 95.6 Å². The average Bonchev–Trinajstić information content (AvgIpc) is 2.19. The first-order chi connectivity index (χ1) is 7.08. The maximum atomic E-state index is 2.52. The number of hydrogen-bond acceptors (Lipinski definition) is 2. The van der Waals surface area contributed by atoms with Crippen molar-refractivity contribution in [3.05, 3.63) is 0 Å². The highest BCUT2D eigenvalue weighted by Gasteiger charge is 2.17. The van der Waals surface area contributed by atoms with Crippen molar-refractivity contribution in [2.75, 3.05) is 40.3 Å². The zero-order valence-electron chi connectivity index (χ0n) is 11.0. The molecular weight excluding hydrogens is 184 g/mol. The third-order valence-electron chi connectivity index (χ3n) is 3.50. The Kier molecular flexibility index (Phi) is 5.62. The molecule has 0 N–H and O–H groups in total. The van der Waals surface area contributed by atoms with Crippen molar-refractivity contribution in [2.24, 2.45) is 11.8 Å². The normalized spacial score (nSPS) is 20.4. The van der Waals surface area contributed by atoms with E-state index in [1.54, 1.807) is 0 Å². The van der Waals surface area contributed by atoms with E-state index < -0.39 is 0 Å². The number of rotatable bonds is 5. The summed E-state index contributed by atoms with van der Waals surface area (Å²) in [7, 11) is 4.51. The van der Waals surface area contributed by atoms with E-state index in [1.165, 1.54) is 45.4 Å². The summed E-state index contributed by atoms with van der Waals surface area (Å²) in [4.78, 5) is 4.97. The highest BCUT2D eigenvalue weighted by molar-refractivity contribution is 4.72. The van der Waals surface area contributed by atoms with Crippen molar-refractivity contribution in [2.45, 2.75) is 33.1 Å². The van der Waals surface area contributed by atoms with Crippen molar-refractivity contribution >= 4 is 0 Å². The molecule has 90 valence electrons. The summed E-state index contributed by atoms with van der Waals surface area (Å²) in [5.41, 5.74) is 0. The molecule has 0 saturated carbocycles. The SMILES string of the molecule is CC(C)CCN(C)CC1CCN(C)CC1. The Hall–Kier alpha value is -0.0800. The highest BCUT2D eigenvalue weighted by Crippen LogP contribution is 2.17. The molecule has 1 fully saturated rings. The van der Waals surface area contributed by atoms with E-state index in [9.17, 15) is 0 Å². The van der Waals surface area contributed by atoms with Crippen molar-refractivity contribution in [3.63, 3.8) is 0 Å². The van der Waals surface area contributed by atoms with E-state index in [1.807, 2.05) is 0 Å². The first-order valence-corrected chi connectivity index (χ1v) is 6.45. The standard InChI is InChI=1S/C13H28N2/c1-12(2)5-8-15(4)11-13-6-9-14(3)10-7-13/h12-13H,5-11H2,1-4H3. The minimum absolute atomic E-state index is 0.838. The fourth-order valence-corrected chi connectivity index (χ4v) is 2.26. The molecule has 1 heterocycles. The number of piperidine rings is 1. The Morgan fingerprint density at radius 2 is 1.87 bits per heavy atom. The summed E-state index contributed by atoms with van der Waals surface area (Å²) >= 11 is 0. The molecule has 1 saturated heterocycles. The third-order valence-corrected chi connectivity index (χ3v) is 3.50. The van der Waals surface area contributed by atoms with Gasteiger partial charge in [0.15, 0.2) is 0 Å². The molecule has 0 aromatic carbocycles. The van der Waals surface area contributed by atoms with Crippen molar-refractivity contribution in [3.8, 4) is 0 Å². The summed E-state index contributed by atoms with van der Waals surface area (Å²) in [6.07, 6.45) is 4.12. The molecule has 0 aromatic heterocycles. The van der Waals surface area contributed by atoms with Crippen LogP contribution in [0.2, 0.25) is 0 Å². The van der Waals surface area contributed by atoms with E-state index in [0.717, 1.165) is 11.8 Å². The summed E-state index contributed by atoms with van der Waals surface area (Å²) in [5, 5.41) is 0. The van der Waals surface area contributed by atoms with Gasteiger partial charge in [-0.25, -0.2) is 0 Å². The first-order valence-electron chi connectivity index (χ1n) is 6.45. The van der Waals surface area contributed by atoms with E-state index in [4.69, 9.17) is 0 Å². The average molecular weight is 212 g/mol. The maximum Gasteiger partial charge on any atom is 0.000756 e. The van der Waals surface area contributed by atoms with Gasteiger partial charge in [-0.15, -0.1) is 0 Å². The van der Waals surface area contributed by atoms with Crippen LogP contribution in [0.25, 0.3) is 0 Å². The number of hydrogen-bond donors (Lipinski definition) is 0. The van der Waals surface area contributed by atoms with Crippen molar-refractivity contribution in [1.82, 2.24) is 9.80 Å². The van der Waals surface area contributed by atoms with Crippen LogP contribution in [0.15, 0.2) is 0 Å². The van der Waals surface area contributed by atoms with Gasteiger partial charge >= 0.3 is 0 Å². The molecule has 0 radical (unpaired) electrons. The summed E-state index contributed by atoms with van der Waals surface area (Å²) in [6.45, 7) is 9.78. The zero-order valence-corrected chi connectivity index (χ0v) is 11.0. The van der Waals surface area contributed by atoms with Gasteiger partial charge in [0.1, 0.15) is 0 Å². The van der Waals surface area contributed by atoms with Crippen LogP contribution >= 0.6 is 0 Å². The van der Waals surface area contributed by atoms with Gasteiger partial charge in [-0.1, -0.05) is 13.8 Å². The van der Waals surface area contributed by atoms with Crippen LogP contribution in [0, 0.1) is 11.8 Å². The van der Waals surface area contributed by atoms with Crippen LogP contribution in [0.1, 0.15) is 33.1 Å². The molecule has 1 rings (SSSR count). The summed E-state index contributed by atoms with van der Waals surface area (Å²) in [6, 6.07) is 0. The fourth-order valence-electron chi connectivity index (χ4n) is 2.26. The van der Waals surface area contributed by atoms with Crippen LogP contribution in [-0.2, 0) is 0 Å². The van der Waals surface area contributed by atoms with Gasteiger partial charge in [0, 0.05) is 6.54 Å². The second-order valence-corrected chi connectivity index (χ2v) is 5.69. The molecule has 0 aliphatic carbocycles. The van der Waals surface area contributed by atoms with E-state index >= 15 is 0 Å². The predicted molar refractivity (Wildman–Crippen MR) is 67.2 cm³/mol.